The first-order valence-corrected chi connectivity index (χ1v) is 9.46. The minimum Gasteiger partial charge on any atom is -0.497 e. The normalized spacial score (nSPS) is 20.3. The van der Waals surface area contributed by atoms with Gasteiger partial charge in [0.25, 0.3) is 0 Å². The summed E-state index contributed by atoms with van der Waals surface area (Å²) in [4.78, 5) is 9.13. The number of benzene rings is 1. The Morgan fingerprint density at radius 1 is 1.26 bits per heavy atom. The van der Waals surface area contributed by atoms with Gasteiger partial charge >= 0.3 is 0 Å². The van der Waals surface area contributed by atoms with Crippen LogP contribution in [0.5, 0.6) is 5.75 Å². The topological polar surface area (TPSA) is 107 Å². The summed E-state index contributed by atoms with van der Waals surface area (Å²) in [7, 11) is 1.64. The standard InChI is InChI=1S/C19H28N6O2/c1-3-20-19(22-14-6-8-15(26)9-7-14)21-12-17-23-18(25-24-17)13-4-10-16(27-2)11-5-13/h4-5,10-11,14-15,26H,3,6-9,12H2,1-2H3,(H2,20,21,22)(H,23,24,25). The summed E-state index contributed by atoms with van der Waals surface area (Å²) in [6.07, 6.45) is 3.42. The van der Waals surface area contributed by atoms with Crippen molar-refractivity contribution in [2.24, 2.45) is 4.99 Å². The third-order valence-corrected chi connectivity index (χ3v) is 4.65. The van der Waals surface area contributed by atoms with Crippen LogP contribution in [-0.4, -0.2) is 52.0 Å². The molecule has 1 aromatic carbocycles. The molecule has 8 heteroatoms. The lowest BCUT2D eigenvalue weighted by atomic mass is 9.93. The quantitative estimate of drug-likeness (QED) is 0.455. The molecule has 1 aliphatic carbocycles. The van der Waals surface area contributed by atoms with E-state index in [1.54, 1.807) is 7.11 Å². The number of aromatic nitrogens is 3. The first-order chi connectivity index (χ1) is 13.2. The molecule has 0 spiro atoms. The van der Waals surface area contributed by atoms with E-state index in [-0.39, 0.29) is 6.10 Å². The van der Waals surface area contributed by atoms with Crippen molar-refractivity contribution >= 4 is 5.96 Å². The molecule has 1 fully saturated rings. The lowest BCUT2D eigenvalue weighted by Crippen LogP contribution is -2.45. The van der Waals surface area contributed by atoms with E-state index in [1.165, 1.54) is 0 Å². The fourth-order valence-electron chi connectivity index (χ4n) is 3.12. The van der Waals surface area contributed by atoms with Crippen LogP contribution in [0.1, 0.15) is 38.4 Å². The van der Waals surface area contributed by atoms with E-state index >= 15 is 0 Å². The molecule has 4 N–H and O–H groups in total. The zero-order valence-corrected chi connectivity index (χ0v) is 15.9. The van der Waals surface area contributed by atoms with E-state index in [0.29, 0.717) is 24.2 Å². The smallest absolute Gasteiger partial charge is 0.191 e. The van der Waals surface area contributed by atoms with Gasteiger partial charge in [0, 0.05) is 18.2 Å². The molecule has 0 radical (unpaired) electrons. The van der Waals surface area contributed by atoms with Gasteiger partial charge in [0.15, 0.2) is 11.8 Å². The van der Waals surface area contributed by atoms with Crippen LogP contribution < -0.4 is 15.4 Å². The molecular formula is C19H28N6O2. The highest BCUT2D eigenvalue weighted by molar-refractivity contribution is 5.80. The molecule has 1 heterocycles. The third kappa shape index (κ3) is 5.43. The van der Waals surface area contributed by atoms with Gasteiger partial charge in [-0.1, -0.05) is 0 Å². The molecule has 0 amide bonds. The van der Waals surface area contributed by atoms with Gasteiger partial charge in [0.2, 0.25) is 0 Å². The minimum atomic E-state index is -0.159. The Kier molecular flexibility index (Phi) is 6.64. The minimum absolute atomic E-state index is 0.159. The Bertz CT molecular complexity index is 735. The molecule has 8 nitrogen and oxygen atoms in total. The van der Waals surface area contributed by atoms with Crippen molar-refractivity contribution in [2.75, 3.05) is 13.7 Å². The predicted octanol–water partition coefficient (Wildman–Crippen LogP) is 1.84. The molecule has 0 atom stereocenters. The van der Waals surface area contributed by atoms with Gasteiger partial charge in [-0.2, -0.15) is 5.10 Å². The number of methoxy groups -OCH3 is 1. The highest BCUT2D eigenvalue weighted by Gasteiger charge is 2.20. The van der Waals surface area contributed by atoms with Crippen molar-refractivity contribution in [3.8, 4) is 17.1 Å². The number of guanidine groups is 1. The highest BCUT2D eigenvalue weighted by Crippen LogP contribution is 2.19. The van der Waals surface area contributed by atoms with Gasteiger partial charge in [0.05, 0.1) is 13.2 Å². The number of rotatable bonds is 6. The van der Waals surface area contributed by atoms with E-state index in [4.69, 9.17) is 4.74 Å². The average molecular weight is 372 g/mol. The number of nitrogens with zero attached hydrogens (tertiary/aromatic N) is 3. The van der Waals surface area contributed by atoms with Crippen LogP contribution in [0.15, 0.2) is 29.3 Å². The van der Waals surface area contributed by atoms with Crippen LogP contribution in [0.4, 0.5) is 0 Å². The van der Waals surface area contributed by atoms with Crippen molar-refractivity contribution in [1.82, 2.24) is 25.8 Å². The summed E-state index contributed by atoms with van der Waals surface area (Å²) >= 11 is 0. The lowest BCUT2D eigenvalue weighted by molar-refractivity contribution is 0.120. The second-order valence-electron chi connectivity index (χ2n) is 6.68. The summed E-state index contributed by atoms with van der Waals surface area (Å²) in [5.41, 5.74) is 0.924. The summed E-state index contributed by atoms with van der Waals surface area (Å²) in [5.74, 6) is 2.91. The number of ether oxygens (including phenoxy) is 1. The maximum Gasteiger partial charge on any atom is 0.191 e. The Hall–Kier alpha value is -2.61. The number of nitrogens with one attached hydrogen (secondary N) is 3. The van der Waals surface area contributed by atoms with E-state index in [1.807, 2.05) is 31.2 Å². The van der Waals surface area contributed by atoms with Crippen molar-refractivity contribution in [2.45, 2.75) is 51.3 Å². The fourth-order valence-corrected chi connectivity index (χ4v) is 3.12. The van der Waals surface area contributed by atoms with E-state index in [2.05, 4.69) is 30.8 Å². The number of hydrogen-bond acceptors (Lipinski definition) is 5. The predicted molar refractivity (Wildman–Crippen MR) is 105 cm³/mol. The second-order valence-corrected chi connectivity index (χ2v) is 6.68. The van der Waals surface area contributed by atoms with Crippen molar-refractivity contribution in [1.29, 1.82) is 0 Å². The molecule has 0 aliphatic heterocycles. The number of hydrogen-bond donors (Lipinski definition) is 4. The number of aliphatic imine (C=N–C) groups is 1. The Morgan fingerprint density at radius 2 is 2.00 bits per heavy atom. The van der Waals surface area contributed by atoms with Gasteiger partial charge < -0.3 is 20.5 Å². The third-order valence-electron chi connectivity index (χ3n) is 4.65. The van der Waals surface area contributed by atoms with Gasteiger partial charge in [-0.05, 0) is 56.9 Å². The largest absolute Gasteiger partial charge is 0.497 e. The van der Waals surface area contributed by atoms with Gasteiger partial charge in [0.1, 0.15) is 18.1 Å². The zero-order valence-electron chi connectivity index (χ0n) is 15.9. The maximum atomic E-state index is 9.64. The van der Waals surface area contributed by atoms with Gasteiger partial charge in [-0.15, -0.1) is 0 Å². The summed E-state index contributed by atoms with van der Waals surface area (Å²) < 4.78 is 5.17. The van der Waals surface area contributed by atoms with E-state index in [9.17, 15) is 5.11 Å². The maximum absolute atomic E-state index is 9.64. The monoisotopic (exact) mass is 372 g/mol. The van der Waals surface area contributed by atoms with Crippen LogP contribution in [0, 0.1) is 0 Å². The summed E-state index contributed by atoms with van der Waals surface area (Å²) in [6, 6.07) is 7.97. The molecule has 1 aliphatic rings. The average Bonchev–Trinajstić information content (AvgIpc) is 3.17. The number of H-pyrrole nitrogens is 1. The van der Waals surface area contributed by atoms with Gasteiger partial charge in [-0.3, -0.25) is 5.10 Å². The lowest BCUT2D eigenvalue weighted by Gasteiger charge is -2.27. The molecule has 27 heavy (non-hydrogen) atoms. The first-order valence-electron chi connectivity index (χ1n) is 9.46. The Balaban J connectivity index is 1.61. The van der Waals surface area contributed by atoms with Crippen LogP contribution in [0.3, 0.4) is 0 Å². The zero-order chi connectivity index (χ0) is 19.1. The molecule has 0 saturated heterocycles. The Morgan fingerprint density at radius 3 is 2.67 bits per heavy atom. The Labute approximate surface area is 159 Å². The SMILES string of the molecule is CCNC(=NCc1nc(-c2ccc(OC)cc2)n[nH]1)NC1CCC(O)CC1. The molecule has 2 aromatic rings. The van der Waals surface area contributed by atoms with Crippen molar-refractivity contribution < 1.29 is 9.84 Å². The van der Waals surface area contributed by atoms with Crippen molar-refractivity contribution in [3.63, 3.8) is 0 Å². The van der Waals surface area contributed by atoms with E-state index in [0.717, 1.165) is 49.5 Å². The fraction of sp³-hybridized carbons (Fsp3) is 0.526. The molecule has 0 bridgehead atoms. The van der Waals surface area contributed by atoms with Crippen LogP contribution in [0.2, 0.25) is 0 Å². The van der Waals surface area contributed by atoms with Crippen LogP contribution in [0.25, 0.3) is 11.4 Å². The summed E-state index contributed by atoms with van der Waals surface area (Å²) in [5, 5.41) is 23.6. The molecule has 146 valence electrons. The van der Waals surface area contributed by atoms with Crippen LogP contribution in [-0.2, 0) is 6.54 Å². The van der Waals surface area contributed by atoms with E-state index < -0.39 is 0 Å². The first kappa shape index (κ1) is 19.2. The highest BCUT2D eigenvalue weighted by atomic mass is 16.5. The van der Waals surface area contributed by atoms with Gasteiger partial charge in [-0.25, -0.2) is 9.98 Å². The van der Waals surface area contributed by atoms with Crippen LogP contribution >= 0.6 is 0 Å². The number of aromatic amines is 1. The number of aliphatic hydroxyl groups is 1. The molecular weight excluding hydrogens is 344 g/mol. The van der Waals surface area contributed by atoms with Crippen molar-refractivity contribution in [3.05, 3.63) is 30.1 Å². The second kappa shape index (κ2) is 9.36. The molecule has 1 saturated carbocycles. The summed E-state index contributed by atoms with van der Waals surface area (Å²) in [6.45, 7) is 3.24. The molecule has 1 aromatic heterocycles. The molecule has 3 rings (SSSR count). The molecule has 0 unspecified atom stereocenters. The number of aliphatic hydroxyl groups excluding tert-OH is 1.